The van der Waals surface area contributed by atoms with E-state index in [4.69, 9.17) is 5.26 Å². The van der Waals surface area contributed by atoms with Gasteiger partial charge in [0.15, 0.2) is 0 Å². The number of nitrogens with one attached hydrogen (secondary N) is 1. The zero-order valence-corrected chi connectivity index (χ0v) is 8.46. The predicted octanol–water partition coefficient (Wildman–Crippen LogP) is 2.91. The summed E-state index contributed by atoms with van der Waals surface area (Å²) in [4.78, 5) is 0. The Kier molecular flexibility index (Phi) is 2.86. The molecule has 1 aliphatic rings. The highest BCUT2D eigenvalue weighted by atomic mass is 19.1. The minimum absolute atomic E-state index is 0.360. The van der Waals surface area contributed by atoms with Gasteiger partial charge in [-0.25, -0.2) is 4.39 Å². The molecule has 2 rings (SSSR count). The van der Waals surface area contributed by atoms with Gasteiger partial charge in [-0.2, -0.15) is 5.26 Å². The first-order valence-electron chi connectivity index (χ1n) is 5.23. The lowest BCUT2D eigenvalue weighted by Crippen LogP contribution is -2.21. The molecule has 0 saturated heterocycles. The summed E-state index contributed by atoms with van der Waals surface area (Å²) in [6.45, 7) is 0.889. The summed E-state index contributed by atoms with van der Waals surface area (Å²) in [6.07, 6.45) is 3.83. The van der Waals surface area contributed by atoms with Gasteiger partial charge in [-0.15, -0.1) is 0 Å². The second-order valence-corrected chi connectivity index (χ2v) is 3.98. The summed E-state index contributed by atoms with van der Waals surface area (Å²) in [6, 6.07) is 6.27. The van der Waals surface area contributed by atoms with E-state index in [2.05, 4.69) is 5.32 Å². The molecule has 0 aromatic heterocycles. The average Bonchev–Trinajstić information content (AvgIpc) is 2.17. The van der Waals surface area contributed by atoms with Gasteiger partial charge >= 0.3 is 0 Å². The zero-order chi connectivity index (χ0) is 10.7. The van der Waals surface area contributed by atoms with E-state index in [1.807, 2.05) is 6.07 Å². The van der Waals surface area contributed by atoms with Crippen LogP contribution in [-0.4, -0.2) is 6.54 Å². The molecular weight excluding hydrogens is 191 g/mol. The van der Waals surface area contributed by atoms with Gasteiger partial charge in [-0.1, -0.05) is 6.42 Å². The van der Waals surface area contributed by atoms with Crippen LogP contribution in [0.3, 0.4) is 0 Å². The van der Waals surface area contributed by atoms with E-state index in [9.17, 15) is 4.39 Å². The van der Waals surface area contributed by atoms with E-state index >= 15 is 0 Å². The van der Waals surface area contributed by atoms with Crippen molar-refractivity contribution < 1.29 is 4.39 Å². The fourth-order valence-corrected chi connectivity index (χ4v) is 1.71. The fourth-order valence-electron chi connectivity index (χ4n) is 1.71. The molecule has 1 fully saturated rings. The number of benzene rings is 1. The largest absolute Gasteiger partial charge is 0.384 e. The summed E-state index contributed by atoms with van der Waals surface area (Å²) < 4.78 is 12.8. The Bertz CT molecular complexity index is 391. The summed E-state index contributed by atoms with van der Waals surface area (Å²) in [5, 5.41) is 12.0. The molecule has 78 valence electrons. The van der Waals surface area contributed by atoms with Crippen LogP contribution in [0.2, 0.25) is 0 Å². The van der Waals surface area contributed by atoms with Crippen molar-refractivity contribution in [3.63, 3.8) is 0 Å². The molecule has 0 atom stereocenters. The Morgan fingerprint density at radius 2 is 2.27 bits per heavy atom. The highest BCUT2D eigenvalue weighted by Crippen LogP contribution is 2.27. The highest BCUT2D eigenvalue weighted by Gasteiger charge is 2.17. The SMILES string of the molecule is N#Cc1cc(F)ccc1NCC1CCC1. The zero-order valence-electron chi connectivity index (χ0n) is 8.46. The molecule has 1 aliphatic carbocycles. The van der Waals surface area contributed by atoms with Crippen LogP contribution in [0.25, 0.3) is 0 Å². The number of nitrogens with zero attached hydrogens (tertiary/aromatic N) is 1. The first kappa shape index (κ1) is 9.97. The summed E-state index contributed by atoms with van der Waals surface area (Å²) in [5.74, 6) is 0.363. The number of anilines is 1. The van der Waals surface area contributed by atoms with Crippen molar-refractivity contribution in [3.8, 4) is 6.07 Å². The molecule has 3 heteroatoms. The van der Waals surface area contributed by atoms with Crippen molar-refractivity contribution in [2.75, 3.05) is 11.9 Å². The summed E-state index contributed by atoms with van der Waals surface area (Å²) in [7, 11) is 0. The van der Waals surface area contributed by atoms with Crippen LogP contribution in [0.1, 0.15) is 24.8 Å². The first-order valence-corrected chi connectivity index (χ1v) is 5.23. The van der Waals surface area contributed by atoms with Crippen molar-refractivity contribution in [2.45, 2.75) is 19.3 Å². The van der Waals surface area contributed by atoms with Gasteiger partial charge in [0.1, 0.15) is 11.9 Å². The Morgan fingerprint density at radius 3 is 2.87 bits per heavy atom. The van der Waals surface area contributed by atoms with Crippen LogP contribution in [-0.2, 0) is 0 Å². The second kappa shape index (κ2) is 4.31. The second-order valence-electron chi connectivity index (χ2n) is 3.98. The lowest BCUT2D eigenvalue weighted by Gasteiger charge is -2.26. The third-order valence-corrected chi connectivity index (χ3v) is 2.91. The van der Waals surface area contributed by atoms with Crippen molar-refractivity contribution in [2.24, 2.45) is 5.92 Å². The molecule has 0 unspecified atom stereocenters. The van der Waals surface area contributed by atoms with Gasteiger partial charge in [-0.3, -0.25) is 0 Å². The standard InChI is InChI=1S/C12H13FN2/c13-11-4-5-12(10(6-11)7-14)15-8-9-2-1-3-9/h4-6,9,15H,1-3,8H2. The van der Waals surface area contributed by atoms with Gasteiger partial charge in [-0.05, 0) is 37.0 Å². The van der Waals surface area contributed by atoms with Crippen LogP contribution in [0.5, 0.6) is 0 Å². The van der Waals surface area contributed by atoms with Gasteiger partial charge in [0.2, 0.25) is 0 Å². The lowest BCUT2D eigenvalue weighted by atomic mass is 9.85. The van der Waals surface area contributed by atoms with Gasteiger partial charge < -0.3 is 5.32 Å². The molecule has 1 aromatic carbocycles. The van der Waals surface area contributed by atoms with E-state index < -0.39 is 0 Å². The van der Waals surface area contributed by atoms with Crippen molar-refractivity contribution >= 4 is 5.69 Å². The average molecular weight is 204 g/mol. The molecule has 0 bridgehead atoms. The molecule has 1 N–H and O–H groups in total. The van der Waals surface area contributed by atoms with Crippen molar-refractivity contribution in [1.82, 2.24) is 0 Å². The molecule has 0 amide bonds. The lowest BCUT2D eigenvalue weighted by molar-refractivity contribution is 0.333. The van der Waals surface area contributed by atoms with Crippen LogP contribution in [0.15, 0.2) is 18.2 Å². The maximum atomic E-state index is 12.8. The number of hydrogen-bond acceptors (Lipinski definition) is 2. The molecule has 0 radical (unpaired) electrons. The Balaban J connectivity index is 2.03. The van der Waals surface area contributed by atoms with Gasteiger partial charge in [0.25, 0.3) is 0 Å². The summed E-state index contributed by atoms with van der Waals surface area (Å²) in [5.41, 5.74) is 1.13. The van der Waals surface area contributed by atoms with E-state index in [-0.39, 0.29) is 5.82 Å². The van der Waals surface area contributed by atoms with Crippen LogP contribution >= 0.6 is 0 Å². The van der Waals surface area contributed by atoms with Gasteiger partial charge in [0, 0.05) is 6.54 Å². The minimum atomic E-state index is -0.360. The molecule has 1 aromatic rings. The van der Waals surface area contributed by atoms with E-state index in [1.54, 1.807) is 6.07 Å². The first-order chi connectivity index (χ1) is 7.29. The molecule has 0 spiro atoms. The van der Waals surface area contributed by atoms with Crippen LogP contribution in [0, 0.1) is 23.1 Å². The molecule has 0 heterocycles. The fraction of sp³-hybridized carbons (Fsp3) is 0.417. The number of halogens is 1. The highest BCUT2D eigenvalue weighted by molar-refractivity contribution is 5.57. The van der Waals surface area contributed by atoms with Crippen LogP contribution in [0.4, 0.5) is 10.1 Å². The predicted molar refractivity (Wildman–Crippen MR) is 56.9 cm³/mol. The summed E-state index contributed by atoms with van der Waals surface area (Å²) >= 11 is 0. The quantitative estimate of drug-likeness (QED) is 0.821. The molecule has 0 aliphatic heterocycles. The molecule has 2 nitrogen and oxygen atoms in total. The Hall–Kier alpha value is -1.56. The third-order valence-electron chi connectivity index (χ3n) is 2.91. The Morgan fingerprint density at radius 1 is 1.47 bits per heavy atom. The maximum Gasteiger partial charge on any atom is 0.124 e. The number of rotatable bonds is 3. The van der Waals surface area contributed by atoms with Crippen molar-refractivity contribution in [3.05, 3.63) is 29.6 Å². The topological polar surface area (TPSA) is 35.8 Å². The normalized spacial score (nSPS) is 15.5. The van der Waals surface area contributed by atoms with E-state index in [0.717, 1.165) is 18.2 Å². The van der Waals surface area contributed by atoms with Crippen LogP contribution < -0.4 is 5.32 Å². The van der Waals surface area contributed by atoms with Gasteiger partial charge in [0.05, 0.1) is 11.3 Å². The third kappa shape index (κ3) is 2.27. The minimum Gasteiger partial charge on any atom is -0.384 e. The van der Waals surface area contributed by atoms with E-state index in [1.165, 1.54) is 31.4 Å². The smallest absolute Gasteiger partial charge is 0.124 e. The molecule has 15 heavy (non-hydrogen) atoms. The number of hydrogen-bond donors (Lipinski definition) is 1. The Labute approximate surface area is 88.7 Å². The number of nitriles is 1. The van der Waals surface area contributed by atoms with Crippen molar-refractivity contribution in [1.29, 1.82) is 5.26 Å². The van der Waals surface area contributed by atoms with E-state index in [0.29, 0.717) is 5.56 Å². The molecular formula is C12H13FN2. The maximum absolute atomic E-state index is 12.8. The monoisotopic (exact) mass is 204 g/mol. The molecule has 1 saturated carbocycles.